The first-order chi connectivity index (χ1) is 23.4. The topological polar surface area (TPSA) is 157 Å². The SMILES string of the molecule is C=CC(=O)N1C2COCC1CC(c1ccc3ncnc(Nc4ccc(Oc5ccc6c(c5)nnn6C)c(C)c4)c3n1)C2.O=C(O)C(F)(F)F. The molecule has 7 rings (SSSR count). The number of alkyl halides is 3. The summed E-state index contributed by atoms with van der Waals surface area (Å²) >= 11 is 0. The fourth-order valence-corrected chi connectivity index (χ4v) is 6.09. The molecule has 13 nitrogen and oxygen atoms in total. The lowest BCUT2D eigenvalue weighted by Gasteiger charge is -2.48. The van der Waals surface area contributed by atoms with Gasteiger partial charge in [0.1, 0.15) is 28.9 Å². The number of carbonyl (C=O) groups is 2. The molecular formula is C33H31F3N8O5. The fraction of sp³-hybridized carbons (Fsp3) is 0.303. The maximum absolute atomic E-state index is 12.5. The van der Waals surface area contributed by atoms with E-state index in [0.717, 1.165) is 52.1 Å². The largest absolute Gasteiger partial charge is 0.490 e. The molecule has 5 heterocycles. The van der Waals surface area contributed by atoms with Crippen molar-refractivity contribution in [1.29, 1.82) is 0 Å². The maximum atomic E-state index is 12.5. The number of hydrogen-bond acceptors (Lipinski definition) is 10. The van der Waals surface area contributed by atoms with Crippen LogP contribution in [0.4, 0.5) is 24.7 Å². The van der Waals surface area contributed by atoms with Crippen molar-refractivity contribution < 1.29 is 37.3 Å². The third-order valence-corrected chi connectivity index (χ3v) is 8.36. The van der Waals surface area contributed by atoms with E-state index >= 15 is 0 Å². The van der Waals surface area contributed by atoms with Gasteiger partial charge >= 0.3 is 12.1 Å². The average molecular weight is 677 g/mol. The second kappa shape index (κ2) is 13.5. The number of halogens is 3. The number of nitrogens with one attached hydrogen (secondary N) is 1. The van der Waals surface area contributed by atoms with E-state index in [1.165, 1.54) is 6.08 Å². The van der Waals surface area contributed by atoms with Crippen LogP contribution in [0.1, 0.15) is 30.0 Å². The van der Waals surface area contributed by atoms with Gasteiger partial charge in [0.05, 0.1) is 36.3 Å². The summed E-state index contributed by atoms with van der Waals surface area (Å²) < 4.78 is 45.4. The van der Waals surface area contributed by atoms with Crippen LogP contribution in [0, 0.1) is 6.92 Å². The van der Waals surface area contributed by atoms with Gasteiger partial charge in [-0.2, -0.15) is 13.2 Å². The highest BCUT2D eigenvalue weighted by molar-refractivity contribution is 5.88. The van der Waals surface area contributed by atoms with E-state index in [1.54, 1.807) is 11.0 Å². The van der Waals surface area contributed by atoms with Gasteiger partial charge in [-0.1, -0.05) is 11.8 Å². The minimum atomic E-state index is -5.08. The number of carboxylic acid groups (broad SMARTS) is 1. The molecular weight excluding hydrogens is 645 g/mol. The lowest BCUT2D eigenvalue weighted by Crippen LogP contribution is -2.58. The number of morpholine rings is 1. The number of aromatic nitrogens is 6. The quantitative estimate of drug-likeness (QED) is 0.221. The number of aryl methyl sites for hydroxylation is 2. The number of ether oxygens (including phenoxy) is 2. The van der Waals surface area contributed by atoms with Gasteiger partial charge in [-0.05, 0) is 73.9 Å². The Morgan fingerprint density at radius 1 is 1.06 bits per heavy atom. The molecule has 2 fully saturated rings. The summed E-state index contributed by atoms with van der Waals surface area (Å²) in [6.45, 7) is 6.74. The molecule has 0 aliphatic carbocycles. The van der Waals surface area contributed by atoms with Gasteiger partial charge in [0, 0.05) is 30.4 Å². The van der Waals surface area contributed by atoms with Crippen molar-refractivity contribution in [3.05, 3.63) is 78.8 Å². The van der Waals surface area contributed by atoms with Crippen molar-refractivity contribution in [2.75, 3.05) is 18.5 Å². The van der Waals surface area contributed by atoms with Crippen LogP contribution >= 0.6 is 0 Å². The molecule has 16 heteroatoms. The van der Waals surface area contributed by atoms with Crippen LogP contribution in [0.15, 0.2) is 67.5 Å². The number of fused-ring (bicyclic) bond motifs is 4. The molecule has 2 bridgehead atoms. The Labute approximate surface area is 277 Å². The minimum absolute atomic E-state index is 0.0151. The highest BCUT2D eigenvalue weighted by Gasteiger charge is 2.41. The highest BCUT2D eigenvalue weighted by Crippen LogP contribution is 2.38. The lowest BCUT2D eigenvalue weighted by molar-refractivity contribution is -0.192. The molecule has 1 amide bonds. The maximum Gasteiger partial charge on any atom is 0.490 e. The number of benzene rings is 2. The molecule has 2 aliphatic heterocycles. The molecule has 2 aliphatic rings. The van der Waals surface area contributed by atoms with Crippen LogP contribution in [0.3, 0.4) is 0 Å². The number of rotatable bonds is 6. The van der Waals surface area contributed by atoms with E-state index < -0.39 is 12.1 Å². The number of carboxylic acids is 1. The van der Waals surface area contributed by atoms with Crippen molar-refractivity contribution in [3.8, 4) is 11.5 Å². The lowest BCUT2D eigenvalue weighted by atomic mass is 9.82. The number of hydrogen-bond donors (Lipinski definition) is 2. The van der Waals surface area contributed by atoms with Crippen LogP contribution in [0.25, 0.3) is 22.1 Å². The predicted octanol–water partition coefficient (Wildman–Crippen LogP) is 5.44. The molecule has 2 aromatic carbocycles. The number of pyridine rings is 1. The zero-order valence-electron chi connectivity index (χ0n) is 26.4. The average Bonchev–Trinajstić information content (AvgIpc) is 3.44. The normalized spacial score (nSPS) is 18.8. The number of nitrogens with zero attached hydrogens (tertiary/aromatic N) is 7. The summed E-state index contributed by atoms with van der Waals surface area (Å²) in [5, 5.41) is 18.8. The van der Waals surface area contributed by atoms with Crippen molar-refractivity contribution in [2.45, 2.75) is 43.9 Å². The van der Waals surface area contributed by atoms with Gasteiger partial charge in [-0.15, -0.1) is 5.10 Å². The van der Waals surface area contributed by atoms with Crippen LogP contribution in [-0.4, -0.2) is 83.3 Å². The molecule has 0 saturated carbocycles. The van der Waals surface area contributed by atoms with E-state index in [1.807, 2.05) is 67.4 Å². The molecule has 2 N–H and O–H groups in total. The standard InChI is InChI=1S/C31H30N8O3.C2HF3O2/c1-4-29(40)39-21-12-19(13-22(39)16-41-15-21)24-7-8-25-30(35-24)31(33-17-32-25)34-20-5-10-28(18(2)11-20)42-23-6-9-27-26(14-23)36-37-38(27)3;3-2(4,5)1(6)7/h4-11,14,17,19,21-22H,1,12-13,15-16H2,2-3H3,(H,32,33,34);(H,6,7). The van der Waals surface area contributed by atoms with Crippen LogP contribution in [0.5, 0.6) is 11.5 Å². The summed E-state index contributed by atoms with van der Waals surface area (Å²) in [5.74, 6) is -0.516. The Morgan fingerprint density at radius 3 is 2.47 bits per heavy atom. The van der Waals surface area contributed by atoms with Crippen molar-refractivity contribution in [1.82, 2.24) is 34.8 Å². The molecule has 2 saturated heterocycles. The molecule has 2 atom stereocenters. The zero-order valence-corrected chi connectivity index (χ0v) is 26.4. The van der Waals surface area contributed by atoms with Gasteiger partial charge in [-0.25, -0.2) is 24.4 Å². The summed E-state index contributed by atoms with van der Waals surface area (Å²) in [7, 11) is 1.86. The second-order valence-corrected chi connectivity index (χ2v) is 11.7. The summed E-state index contributed by atoms with van der Waals surface area (Å²) in [5.41, 5.74) is 5.98. The molecule has 254 valence electrons. The number of aliphatic carboxylic acids is 1. The van der Waals surface area contributed by atoms with Crippen LogP contribution in [-0.2, 0) is 21.4 Å². The Balaban J connectivity index is 0.000000540. The highest BCUT2D eigenvalue weighted by atomic mass is 19.4. The van der Waals surface area contributed by atoms with Crippen LogP contribution in [0.2, 0.25) is 0 Å². The Morgan fingerprint density at radius 2 is 1.80 bits per heavy atom. The molecule has 49 heavy (non-hydrogen) atoms. The first-order valence-electron chi connectivity index (χ1n) is 15.2. The second-order valence-electron chi connectivity index (χ2n) is 11.7. The first kappa shape index (κ1) is 33.3. The van der Waals surface area contributed by atoms with Gasteiger partial charge < -0.3 is 24.8 Å². The van der Waals surface area contributed by atoms with Gasteiger partial charge in [0.2, 0.25) is 5.91 Å². The Hall–Kier alpha value is -5.64. The molecule has 5 aromatic rings. The van der Waals surface area contributed by atoms with Crippen LogP contribution < -0.4 is 10.1 Å². The summed E-state index contributed by atoms with van der Waals surface area (Å²) in [4.78, 5) is 37.4. The zero-order chi connectivity index (χ0) is 34.9. The van der Waals surface area contributed by atoms with E-state index in [9.17, 15) is 18.0 Å². The monoisotopic (exact) mass is 676 g/mol. The summed E-state index contributed by atoms with van der Waals surface area (Å²) in [6.07, 6.45) is -0.570. The Kier molecular flexibility index (Phi) is 9.14. The summed E-state index contributed by atoms with van der Waals surface area (Å²) in [6, 6.07) is 15.7. The van der Waals surface area contributed by atoms with Crippen molar-refractivity contribution in [2.24, 2.45) is 7.05 Å². The Bertz CT molecular complexity index is 2040. The van der Waals surface area contributed by atoms with Crippen molar-refractivity contribution >= 4 is 45.4 Å². The number of amides is 1. The molecule has 3 aromatic heterocycles. The minimum Gasteiger partial charge on any atom is -0.475 e. The molecule has 0 radical (unpaired) electrons. The molecule has 0 spiro atoms. The van der Waals surface area contributed by atoms with E-state index in [4.69, 9.17) is 24.4 Å². The molecule has 2 unspecified atom stereocenters. The predicted molar refractivity (Wildman–Crippen MR) is 171 cm³/mol. The van der Waals surface area contributed by atoms with E-state index in [-0.39, 0.29) is 23.9 Å². The number of piperidine rings is 1. The third-order valence-electron chi connectivity index (χ3n) is 8.36. The smallest absolute Gasteiger partial charge is 0.475 e. The van der Waals surface area contributed by atoms with E-state index in [0.29, 0.717) is 30.3 Å². The first-order valence-corrected chi connectivity index (χ1v) is 15.2. The third kappa shape index (κ3) is 7.13. The van der Waals surface area contributed by atoms with E-state index in [2.05, 4.69) is 32.2 Å². The number of carbonyl (C=O) groups excluding carboxylic acids is 1. The van der Waals surface area contributed by atoms with Crippen molar-refractivity contribution in [3.63, 3.8) is 0 Å². The van der Waals surface area contributed by atoms with Gasteiger partial charge in [0.25, 0.3) is 0 Å². The fourth-order valence-electron chi connectivity index (χ4n) is 6.09. The van der Waals surface area contributed by atoms with Gasteiger partial charge in [-0.3, -0.25) is 4.79 Å². The van der Waals surface area contributed by atoms with Gasteiger partial charge in [0.15, 0.2) is 5.82 Å². The number of anilines is 2.